The lowest BCUT2D eigenvalue weighted by Gasteiger charge is -2.29. The fourth-order valence-electron chi connectivity index (χ4n) is 2.42. The van der Waals surface area contributed by atoms with Gasteiger partial charge in [0.1, 0.15) is 0 Å². The Balaban J connectivity index is 0.00000220. The molecule has 1 saturated heterocycles. The van der Waals surface area contributed by atoms with Gasteiger partial charge in [-0.2, -0.15) is 0 Å². The fraction of sp³-hybridized carbons (Fsp3) is 0.533. The van der Waals surface area contributed by atoms with Gasteiger partial charge in [-0.1, -0.05) is 28.1 Å². The third-order valence-corrected chi connectivity index (χ3v) is 4.44. The highest BCUT2D eigenvalue weighted by Crippen LogP contribution is 2.17. The standard InChI is InChI=1S/C15H22BrN3O.ClH/c1-12-9-13(3-4-14(12)16)10-18(2)11-15(20)19-7-5-17-6-8-19;/h3-4,9,17H,5-8,10-11H2,1-2H3;1H. The van der Waals surface area contributed by atoms with Crippen molar-refractivity contribution in [3.05, 3.63) is 33.8 Å². The van der Waals surface area contributed by atoms with Gasteiger partial charge in [-0.3, -0.25) is 9.69 Å². The van der Waals surface area contributed by atoms with E-state index in [0.29, 0.717) is 6.54 Å². The van der Waals surface area contributed by atoms with Crippen LogP contribution in [0.2, 0.25) is 0 Å². The summed E-state index contributed by atoms with van der Waals surface area (Å²) >= 11 is 3.51. The number of halogens is 2. The van der Waals surface area contributed by atoms with Gasteiger partial charge < -0.3 is 10.2 Å². The van der Waals surface area contributed by atoms with Crippen LogP contribution in [0.5, 0.6) is 0 Å². The first-order valence-corrected chi connectivity index (χ1v) is 7.77. The Bertz CT molecular complexity index is 478. The van der Waals surface area contributed by atoms with Gasteiger partial charge >= 0.3 is 0 Å². The molecule has 1 fully saturated rings. The number of amides is 1. The molecule has 0 atom stereocenters. The number of rotatable bonds is 4. The molecule has 2 rings (SSSR count). The molecule has 0 unspecified atom stereocenters. The molecule has 0 aromatic heterocycles. The van der Waals surface area contributed by atoms with E-state index in [4.69, 9.17) is 0 Å². The Kier molecular flexibility index (Phi) is 7.66. The van der Waals surface area contributed by atoms with E-state index in [-0.39, 0.29) is 18.3 Å². The van der Waals surface area contributed by atoms with Gasteiger partial charge in [-0.25, -0.2) is 0 Å². The van der Waals surface area contributed by atoms with E-state index in [9.17, 15) is 4.79 Å². The highest BCUT2D eigenvalue weighted by Gasteiger charge is 2.17. The summed E-state index contributed by atoms with van der Waals surface area (Å²) in [6.07, 6.45) is 0. The van der Waals surface area contributed by atoms with Crippen molar-refractivity contribution in [3.8, 4) is 0 Å². The normalized spacial score (nSPS) is 15.0. The second kappa shape index (κ2) is 8.73. The van der Waals surface area contributed by atoms with Crippen molar-refractivity contribution in [2.75, 3.05) is 39.8 Å². The molecule has 118 valence electrons. The summed E-state index contributed by atoms with van der Waals surface area (Å²) in [6, 6.07) is 6.33. The number of aryl methyl sites for hydroxylation is 1. The van der Waals surface area contributed by atoms with Crippen LogP contribution in [0.1, 0.15) is 11.1 Å². The van der Waals surface area contributed by atoms with Crippen molar-refractivity contribution in [1.29, 1.82) is 0 Å². The van der Waals surface area contributed by atoms with Gasteiger partial charge in [-0.05, 0) is 31.2 Å². The number of carbonyl (C=O) groups is 1. The molecular formula is C15H23BrClN3O. The van der Waals surface area contributed by atoms with Crippen LogP contribution in [0.3, 0.4) is 0 Å². The molecule has 1 aromatic rings. The van der Waals surface area contributed by atoms with Crippen molar-refractivity contribution in [2.24, 2.45) is 0 Å². The summed E-state index contributed by atoms with van der Waals surface area (Å²) in [5.74, 6) is 0.225. The predicted molar refractivity (Wildman–Crippen MR) is 91.9 cm³/mol. The molecule has 1 aromatic carbocycles. The topological polar surface area (TPSA) is 35.6 Å². The molecule has 6 heteroatoms. The molecule has 1 heterocycles. The highest BCUT2D eigenvalue weighted by atomic mass is 79.9. The van der Waals surface area contributed by atoms with E-state index >= 15 is 0 Å². The Morgan fingerprint density at radius 3 is 2.67 bits per heavy atom. The smallest absolute Gasteiger partial charge is 0.236 e. The molecule has 0 radical (unpaired) electrons. The Labute approximate surface area is 141 Å². The van der Waals surface area contributed by atoms with Crippen molar-refractivity contribution in [2.45, 2.75) is 13.5 Å². The number of hydrogen-bond donors (Lipinski definition) is 1. The molecule has 0 spiro atoms. The van der Waals surface area contributed by atoms with Crippen LogP contribution in [0.25, 0.3) is 0 Å². The zero-order chi connectivity index (χ0) is 14.5. The SMILES string of the molecule is Cc1cc(CN(C)CC(=O)N2CCNCC2)ccc1Br.Cl. The van der Waals surface area contributed by atoms with Crippen LogP contribution in [-0.4, -0.2) is 55.5 Å². The lowest BCUT2D eigenvalue weighted by Crippen LogP contribution is -2.49. The maximum absolute atomic E-state index is 12.2. The van der Waals surface area contributed by atoms with Gasteiger partial charge in [0.2, 0.25) is 5.91 Å². The van der Waals surface area contributed by atoms with Crippen LogP contribution < -0.4 is 5.32 Å². The van der Waals surface area contributed by atoms with Crippen molar-refractivity contribution >= 4 is 34.2 Å². The van der Waals surface area contributed by atoms with E-state index in [1.54, 1.807) is 0 Å². The minimum atomic E-state index is 0. The maximum Gasteiger partial charge on any atom is 0.236 e. The predicted octanol–water partition coefficient (Wildman–Crippen LogP) is 2.04. The summed E-state index contributed by atoms with van der Waals surface area (Å²) in [6.45, 7) is 6.82. The molecule has 0 aliphatic carbocycles. The van der Waals surface area contributed by atoms with Crippen molar-refractivity contribution in [1.82, 2.24) is 15.1 Å². The summed E-state index contributed by atoms with van der Waals surface area (Å²) < 4.78 is 1.13. The van der Waals surface area contributed by atoms with Gasteiger partial charge in [0.25, 0.3) is 0 Å². The second-order valence-electron chi connectivity index (χ2n) is 5.39. The maximum atomic E-state index is 12.2. The van der Waals surface area contributed by atoms with Crippen molar-refractivity contribution < 1.29 is 4.79 Å². The summed E-state index contributed by atoms with van der Waals surface area (Å²) in [5, 5.41) is 3.26. The number of benzene rings is 1. The number of hydrogen-bond acceptors (Lipinski definition) is 3. The summed E-state index contributed by atoms with van der Waals surface area (Å²) in [7, 11) is 2.00. The number of likely N-dealkylation sites (N-methyl/N-ethyl adjacent to an activating group) is 1. The number of piperazine rings is 1. The Hall–Kier alpha value is -0.620. The van der Waals surface area contributed by atoms with Gasteiger partial charge in [0, 0.05) is 37.2 Å². The third kappa shape index (κ3) is 5.58. The minimum absolute atomic E-state index is 0. The average molecular weight is 377 g/mol. The summed E-state index contributed by atoms with van der Waals surface area (Å²) in [4.78, 5) is 16.2. The highest BCUT2D eigenvalue weighted by molar-refractivity contribution is 9.10. The molecule has 21 heavy (non-hydrogen) atoms. The van der Waals surface area contributed by atoms with Crippen LogP contribution >= 0.6 is 28.3 Å². The number of nitrogens with zero attached hydrogens (tertiary/aromatic N) is 2. The van der Waals surface area contributed by atoms with Gasteiger partial charge in [0.15, 0.2) is 0 Å². The van der Waals surface area contributed by atoms with E-state index in [1.165, 1.54) is 11.1 Å². The van der Waals surface area contributed by atoms with Crippen molar-refractivity contribution in [3.63, 3.8) is 0 Å². The average Bonchev–Trinajstić information content (AvgIpc) is 2.44. The van der Waals surface area contributed by atoms with E-state index in [0.717, 1.165) is 37.2 Å². The molecule has 1 aliphatic heterocycles. The quantitative estimate of drug-likeness (QED) is 0.873. The first-order valence-electron chi connectivity index (χ1n) is 6.98. The first-order chi connectivity index (χ1) is 9.56. The minimum Gasteiger partial charge on any atom is -0.339 e. The van der Waals surface area contributed by atoms with Crippen LogP contribution in [0.4, 0.5) is 0 Å². The zero-order valence-corrected chi connectivity index (χ0v) is 15.0. The molecule has 1 amide bonds. The number of nitrogens with one attached hydrogen (secondary N) is 1. The fourth-order valence-corrected chi connectivity index (χ4v) is 2.66. The van der Waals surface area contributed by atoms with E-state index in [1.807, 2.05) is 11.9 Å². The summed E-state index contributed by atoms with van der Waals surface area (Å²) in [5.41, 5.74) is 2.46. The Morgan fingerprint density at radius 1 is 1.38 bits per heavy atom. The molecule has 0 saturated carbocycles. The zero-order valence-electron chi connectivity index (χ0n) is 12.6. The molecular weight excluding hydrogens is 354 g/mol. The first kappa shape index (κ1) is 18.4. The Morgan fingerprint density at radius 2 is 2.05 bits per heavy atom. The molecule has 1 aliphatic rings. The number of carbonyl (C=O) groups excluding carboxylic acids is 1. The van der Waals surface area contributed by atoms with E-state index < -0.39 is 0 Å². The third-order valence-electron chi connectivity index (χ3n) is 3.55. The van der Waals surface area contributed by atoms with Crippen LogP contribution in [-0.2, 0) is 11.3 Å². The lowest BCUT2D eigenvalue weighted by atomic mass is 10.1. The molecule has 4 nitrogen and oxygen atoms in total. The van der Waals surface area contributed by atoms with Gasteiger partial charge in [0.05, 0.1) is 6.54 Å². The largest absolute Gasteiger partial charge is 0.339 e. The van der Waals surface area contributed by atoms with Crippen LogP contribution in [0, 0.1) is 6.92 Å². The van der Waals surface area contributed by atoms with Crippen LogP contribution in [0.15, 0.2) is 22.7 Å². The lowest BCUT2D eigenvalue weighted by molar-refractivity contribution is -0.132. The molecule has 1 N–H and O–H groups in total. The van der Waals surface area contributed by atoms with Gasteiger partial charge in [-0.15, -0.1) is 12.4 Å². The monoisotopic (exact) mass is 375 g/mol. The second-order valence-corrected chi connectivity index (χ2v) is 6.24. The van der Waals surface area contributed by atoms with E-state index in [2.05, 4.69) is 51.3 Å². The molecule has 0 bridgehead atoms.